The van der Waals surface area contributed by atoms with Crippen molar-refractivity contribution in [1.82, 2.24) is 9.13 Å². The van der Waals surface area contributed by atoms with Crippen LogP contribution in [0.15, 0.2) is 200 Å². The molecule has 8 heteroatoms. The van der Waals surface area contributed by atoms with Crippen molar-refractivity contribution in [3.05, 3.63) is 206 Å². The molecule has 0 spiro atoms. The minimum absolute atomic E-state index is 0.585. The summed E-state index contributed by atoms with van der Waals surface area (Å²) in [6, 6.07) is 73.5. The van der Waals surface area contributed by atoms with Crippen LogP contribution in [-0.2, 0) is 0 Å². The second kappa shape index (κ2) is 16.8. The molecule has 11 rings (SSSR count). The van der Waals surface area contributed by atoms with Crippen molar-refractivity contribution in [1.29, 1.82) is 5.26 Å². The van der Waals surface area contributed by atoms with Crippen LogP contribution in [0.25, 0.3) is 66.1 Å². The minimum Gasteiger partial charge on any atom is -0.497 e. The van der Waals surface area contributed by atoms with Gasteiger partial charge in [-0.25, -0.2) is 0 Å². The Morgan fingerprint density at radius 2 is 0.761 bits per heavy atom. The summed E-state index contributed by atoms with van der Waals surface area (Å²) in [5.41, 5.74) is 8.48. The Balaban J connectivity index is 1.41. The third-order valence-corrected chi connectivity index (χ3v) is 18.1. The Morgan fingerprint density at radius 1 is 0.388 bits per heavy atom. The molecule has 0 N–H and O–H groups in total. The number of methoxy groups -OCH3 is 4. The quantitative estimate of drug-likeness (QED) is 0.0956. The van der Waals surface area contributed by atoms with Crippen LogP contribution < -0.4 is 39.7 Å². The Bertz CT molecular complexity index is 3490. The van der Waals surface area contributed by atoms with Gasteiger partial charge < -0.3 is 28.1 Å². The fraction of sp³-hybridized carbons (Fsp3) is 0.0678. The van der Waals surface area contributed by atoms with Gasteiger partial charge in [-0.15, -0.1) is 0 Å². The highest BCUT2D eigenvalue weighted by Gasteiger charge is 2.44. The zero-order valence-electron chi connectivity index (χ0n) is 37.5. The van der Waals surface area contributed by atoms with E-state index in [0.717, 1.165) is 89.1 Å². The summed E-state index contributed by atoms with van der Waals surface area (Å²) in [6.07, 6.45) is 0. The van der Waals surface area contributed by atoms with Crippen molar-refractivity contribution in [2.24, 2.45) is 0 Å². The van der Waals surface area contributed by atoms with Gasteiger partial charge in [-0.1, -0.05) is 103 Å². The summed E-state index contributed by atoms with van der Waals surface area (Å²) in [5, 5.41) is 19.4. The second-order valence-corrected chi connectivity index (χ2v) is 20.4. The van der Waals surface area contributed by atoms with Crippen molar-refractivity contribution >= 4 is 72.4 Å². The Kier molecular flexibility index (Phi) is 10.3. The van der Waals surface area contributed by atoms with Gasteiger partial charge in [0.05, 0.1) is 73.5 Å². The molecular weight excluding hydrogens is 843 g/mol. The number of benzene rings is 9. The van der Waals surface area contributed by atoms with Gasteiger partial charge in [-0.3, -0.25) is 0 Å². The Labute approximate surface area is 389 Å². The van der Waals surface area contributed by atoms with Gasteiger partial charge in [-0.2, -0.15) is 5.26 Å². The molecule has 0 radical (unpaired) electrons. The molecule has 67 heavy (non-hydrogen) atoms. The summed E-state index contributed by atoms with van der Waals surface area (Å²) in [7, 11) is 3.54. The fourth-order valence-corrected chi connectivity index (χ4v) is 15.2. The number of ether oxygens (including phenoxy) is 4. The number of rotatable bonds is 11. The van der Waals surface area contributed by atoms with Crippen molar-refractivity contribution in [3.63, 3.8) is 0 Å². The van der Waals surface area contributed by atoms with E-state index in [0.29, 0.717) is 5.56 Å². The molecule has 0 saturated carbocycles. The van der Waals surface area contributed by atoms with E-state index in [9.17, 15) is 5.26 Å². The van der Waals surface area contributed by atoms with Crippen molar-refractivity contribution < 1.29 is 18.9 Å². The highest BCUT2D eigenvalue weighted by Crippen LogP contribution is 2.43. The van der Waals surface area contributed by atoms with Crippen LogP contribution in [-0.4, -0.2) is 45.6 Å². The fourth-order valence-electron chi connectivity index (χ4n) is 10.3. The van der Waals surface area contributed by atoms with Gasteiger partial charge in [0.2, 0.25) is 0 Å². The largest absolute Gasteiger partial charge is 0.497 e. The lowest BCUT2D eigenvalue weighted by Gasteiger charge is -2.37. The summed E-state index contributed by atoms with van der Waals surface area (Å²) in [4.78, 5) is 0. The number of aromatic nitrogens is 2. The van der Waals surface area contributed by atoms with Crippen LogP contribution in [0.4, 0.5) is 0 Å². The Morgan fingerprint density at radius 3 is 1.12 bits per heavy atom. The zero-order valence-corrected chi connectivity index (χ0v) is 38.5. The van der Waals surface area contributed by atoms with Crippen molar-refractivity contribution in [2.45, 2.75) is 0 Å². The third-order valence-electron chi connectivity index (χ3n) is 13.3. The maximum atomic E-state index is 10.5. The molecule has 0 aliphatic carbocycles. The molecule has 9 aromatic carbocycles. The lowest BCUT2D eigenvalue weighted by molar-refractivity contribution is 0.415. The molecule has 0 saturated heterocycles. The molecule has 0 fully saturated rings. The van der Waals surface area contributed by atoms with Gasteiger partial charge in [0, 0.05) is 21.5 Å². The summed E-state index contributed by atoms with van der Waals surface area (Å²) in [6.45, 7) is 0. The monoisotopic (exact) mass is 887 g/mol. The van der Waals surface area contributed by atoms with E-state index >= 15 is 0 Å². The van der Waals surface area contributed by atoms with Crippen LogP contribution >= 0.6 is 0 Å². The molecule has 0 bridgehead atoms. The van der Waals surface area contributed by atoms with Gasteiger partial charge in [0.1, 0.15) is 23.0 Å². The number of nitrogens with zero attached hydrogens (tertiary/aromatic N) is 3. The molecule has 324 valence electrons. The zero-order chi connectivity index (χ0) is 45.6. The summed E-state index contributed by atoms with van der Waals surface area (Å²) >= 11 is 0. The molecule has 2 aromatic heterocycles. The first-order chi connectivity index (χ1) is 33.0. The van der Waals surface area contributed by atoms with Crippen LogP contribution in [0.5, 0.6) is 23.0 Å². The SMILES string of the molecule is COc1ccc2c(c1)c1cc(OC)ccc1n2-c1cc(-c2cccc(C#N)c2)c([Si](c2ccccc2)(c2ccccc2)c2ccccc2)cc1-n1c2ccc(OC)cc2c2cc(OC)ccc21. The first kappa shape index (κ1) is 41.2. The van der Waals surface area contributed by atoms with Gasteiger partial charge in [0.15, 0.2) is 8.07 Å². The normalized spacial score (nSPS) is 11.6. The van der Waals surface area contributed by atoms with E-state index in [1.54, 1.807) is 28.4 Å². The molecule has 0 aliphatic heterocycles. The highest BCUT2D eigenvalue weighted by atomic mass is 28.3. The minimum atomic E-state index is -3.28. The van der Waals surface area contributed by atoms with E-state index in [-0.39, 0.29) is 0 Å². The summed E-state index contributed by atoms with van der Waals surface area (Å²) < 4.78 is 28.2. The van der Waals surface area contributed by atoms with E-state index < -0.39 is 8.07 Å². The number of nitriles is 1. The van der Waals surface area contributed by atoms with Gasteiger partial charge in [0.25, 0.3) is 0 Å². The average molecular weight is 888 g/mol. The number of fused-ring (bicyclic) bond motifs is 6. The van der Waals surface area contributed by atoms with E-state index in [4.69, 9.17) is 18.9 Å². The van der Waals surface area contributed by atoms with E-state index in [2.05, 4.69) is 173 Å². The molecular formula is C59H45N3O4Si. The smallest absolute Gasteiger partial charge is 0.180 e. The molecule has 0 atom stereocenters. The number of hydrogen-bond donors (Lipinski definition) is 0. The maximum Gasteiger partial charge on any atom is 0.180 e. The van der Waals surface area contributed by atoms with Crippen LogP contribution in [0.1, 0.15) is 5.56 Å². The molecule has 2 heterocycles. The molecule has 0 unspecified atom stereocenters. The van der Waals surface area contributed by atoms with Crippen LogP contribution in [0, 0.1) is 11.3 Å². The molecule has 0 amide bonds. The molecule has 0 aliphatic rings. The highest BCUT2D eigenvalue weighted by molar-refractivity contribution is 7.20. The lowest BCUT2D eigenvalue weighted by Crippen LogP contribution is -2.75. The lowest BCUT2D eigenvalue weighted by atomic mass is 10.0. The average Bonchev–Trinajstić information content (AvgIpc) is 3.90. The van der Waals surface area contributed by atoms with Gasteiger partial charge >= 0.3 is 0 Å². The van der Waals surface area contributed by atoms with Crippen molar-refractivity contribution in [3.8, 4) is 51.6 Å². The summed E-state index contributed by atoms with van der Waals surface area (Å²) in [5.74, 6) is 3.04. The first-order valence-electron chi connectivity index (χ1n) is 22.2. The van der Waals surface area contributed by atoms with Gasteiger partial charge in [-0.05, 0) is 129 Å². The maximum absolute atomic E-state index is 10.5. The Hall–Kier alpha value is -8.51. The standard InChI is InChI=1S/C59H45N3O4Si/c1-63-41-23-27-53-49(32-41)50-33-42(64-2)24-28-54(50)61(53)57-36-48(40-16-14-15-39(31-40)38-60)59(67(45-17-8-5-9-18-45,46-19-10-6-11-20-46)47-21-12-7-13-22-47)37-58(57)62-55-29-25-43(65-3)34-51(55)52-35-44(66-4)26-30-56(52)62/h5-37H,1-4H3. The second-order valence-electron chi connectivity index (χ2n) is 16.6. The third kappa shape index (κ3) is 6.62. The van der Waals surface area contributed by atoms with E-state index in [1.165, 1.54) is 20.7 Å². The predicted octanol–water partition coefficient (Wildman–Crippen LogP) is 10.8. The van der Waals surface area contributed by atoms with Crippen LogP contribution in [0.3, 0.4) is 0 Å². The van der Waals surface area contributed by atoms with E-state index in [1.807, 2.05) is 42.5 Å². The first-order valence-corrected chi connectivity index (χ1v) is 24.2. The molecule has 11 aromatic rings. The number of hydrogen-bond acceptors (Lipinski definition) is 5. The topological polar surface area (TPSA) is 70.6 Å². The molecule has 7 nitrogen and oxygen atoms in total. The van der Waals surface area contributed by atoms with Crippen molar-refractivity contribution in [2.75, 3.05) is 28.4 Å². The van der Waals surface area contributed by atoms with Crippen LogP contribution in [0.2, 0.25) is 0 Å². The predicted molar refractivity (Wildman–Crippen MR) is 275 cm³/mol.